The van der Waals surface area contributed by atoms with Crippen LogP contribution >= 0.6 is 11.3 Å². The van der Waals surface area contributed by atoms with Gasteiger partial charge in [0.2, 0.25) is 0 Å². The first-order chi connectivity index (χ1) is 10.1. The van der Waals surface area contributed by atoms with E-state index in [2.05, 4.69) is 5.32 Å². The molecule has 21 heavy (non-hydrogen) atoms. The Balaban J connectivity index is 2.23. The van der Waals surface area contributed by atoms with Gasteiger partial charge in [0.25, 0.3) is 5.91 Å². The van der Waals surface area contributed by atoms with Crippen molar-refractivity contribution in [2.24, 2.45) is 0 Å². The number of hydrogen-bond donors (Lipinski definition) is 2. The van der Waals surface area contributed by atoms with E-state index in [0.717, 1.165) is 22.4 Å². The number of benzene rings is 1. The molecule has 0 aliphatic carbocycles. The van der Waals surface area contributed by atoms with Crippen molar-refractivity contribution in [2.75, 3.05) is 6.61 Å². The molecule has 0 radical (unpaired) electrons. The third-order valence-electron chi connectivity index (χ3n) is 3.82. The highest BCUT2D eigenvalue weighted by Crippen LogP contribution is 2.29. The molecule has 1 aromatic carbocycles. The number of hydrogen-bond acceptors (Lipinski definition) is 3. The van der Waals surface area contributed by atoms with E-state index in [4.69, 9.17) is 5.11 Å². The molecular weight excluding hydrogens is 282 g/mol. The number of rotatable bonds is 6. The predicted octanol–water partition coefficient (Wildman–Crippen LogP) is 3.70. The Morgan fingerprint density at radius 3 is 2.62 bits per heavy atom. The molecule has 0 aliphatic rings. The van der Waals surface area contributed by atoms with Crippen molar-refractivity contribution in [1.29, 1.82) is 0 Å². The Labute approximate surface area is 129 Å². The zero-order valence-electron chi connectivity index (χ0n) is 12.4. The van der Waals surface area contributed by atoms with E-state index in [1.807, 2.05) is 55.6 Å². The molecule has 0 saturated carbocycles. The second-order valence-corrected chi connectivity index (χ2v) is 6.29. The summed E-state index contributed by atoms with van der Waals surface area (Å²) in [6.45, 7) is 4.06. The summed E-state index contributed by atoms with van der Waals surface area (Å²) in [4.78, 5) is 13.3. The second kappa shape index (κ2) is 6.87. The predicted molar refractivity (Wildman–Crippen MR) is 87.6 cm³/mol. The van der Waals surface area contributed by atoms with Crippen molar-refractivity contribution in [3.63, 3.8) is 0 Å². The van der Waals surface area contributed by atoms with Gasteiger partial charge >= 0.3 is 0 Å². The molecule has 2 rings (SSSR count). The lowest BCUT2D eigenvalue weighted by Gasteiger charge is -2.29. The van der Waals surface area contributed by atoms with E-state index in [-0.39, 0.29) is 18.1 Å². The third kappa shape index (κ3) is 3.71. The van der Waals surface area contributed by atoms with Gasteiger partial charge in [-0.05, 0) is 36.8 Å². The van der Waals surface area contributed by atoms with Gasteiger partial charge in [0.15, 0.2) is 0 Å². The van der Waals surface area contributed by atoms with Gasteiger partial charge in [-0.3, -0.25) is 4.79 Å². The number of thiophene rings is 1. The monoisotopic (exact) mass is 303 g/mol. The van der Waals surface area contributed by atoms with E-state index >= 15 is 0 Å². The molecule has 4 heteroatoms. The van der Waals surface area contributed by atoms with E-state index in [0.29, 0.717) is 6.42 Å². The minimum atomic E-state index is -0.371. The molecule has 0 spiro atoms. The molecule has 0 bridgehead atoms. The van der Waals surface area contributed by atoms with Crippen molar-refractivity contribution >= 4 is 17.2 Å². The van der Waals surface area contributed by atoms with Crippen molar-refractivity contribution in [3.8, 4) is 11.1 Å². The van der Waals surface area contributed by atoms with Crippen LogP contribution in [0.15, 0.2) is 41.8 Å². The van der Waals surface area contributed by atoms with Crippen LogP contribution in [0.5, 0.6) is 0 Å². The fourth-order valence-corrected chi connectivity index (χ4v) is 3.05. The zero-order valence-corrected chi connectivity index (χ0v) is 13.2. The van der Waals surface area contributed by atoms with Gasteiger partial charge in [-0.25, -0.2) is 0 Å². The van der Waals surface area contributed by atoms with Crippen LogP contribution in [0, 0.1) is 0 Å². The van der Waals surface area contributed by atoms with Crippen LogP contribution in [-0.2, 0) is 0 Å². The van der Waals surface area contributed by atoms with Gasteiger partial charge < -0.3 is 10.4 Å². The lowest BCUT2D eigenvalue weighted by Crippen LogP contribution is -2.46. The number of aliphatic hydroxyl groups excluding tert-OH is 1. The number of amides is 1. The van der Waals surface area contributed by atoms with Gasteiger partial charge in [-0.15, -0.1) is 11.3 Å². The molecule has 1 atom stereocenters. The maximum absolute atomic E-state index is 12.6. The van der Waals surface area contributed by atoms with Gasteiger partial charge in [0.1, 0.15) is 0 Å². The lowest BCUT2D eigenvalue weighted by molar-refractivity contribution is 0.0891. The normalized spacial score (nSPS) is 13.7. The van der Waals surface area contributed by atoms with Crippen LogP contribution in [0.1, 0.15) is 36.4 Å². The number of nitrogens with one attached hydrogen (secondary N) is 1. The third-order valence-corrected chi connectivity index (χ3v) is 4.73. The SMILES string of the molecule is CCC(C)(CCO)NC(=O)c1sccc1-c1ccccc1. The maximum Gasteiger partial charge on any atom is 0.262 e. The number of carbonyl (C=O) groups is 1. The van der Waals surface area contributed by atoms with Gasteiger partial charge in [0, 0.05) is 17.7 Å². The van der Waals surface area contributed by atoms with Crippen molar-refractivity contribution in [3.05, 3.63) is 46.7 Å². The van der Waals surface area contributed by atoms with Gasteiger partial charge in [-0.1, -0.05) is 37.3 Å². The summed E-state index contributed by atoms with van der Waals surface area (Å²) in [7, 11) is 0. The minimum absolute atomic E-state index is 0.0679. The van der Waals surface area contributed by atoms with E-state index < -0.39 is 0 Å². The Kier molecular flexibility index (Phi) is 5.15. The van der Waals surface area contributed by atoms with E-state index in [9.17, 15) is 4.79 Å². The summed E-state index contributed by atoms with van der Waals surface area (Å²) >= 11 is 1.45. The molecule has 1 heterocycles. The van der Waals surface area contributed by atoms with Gasteiger partial charge in [0.05, 0.1) is 4.88 Å². The summed E-state index contributed by atoms with van der Waals surface area (Å²) in [6.07, 6.45) is 1.34. The molecule has 2 N–H and O–H groups in total. The summed E-state index contributed by atoms with van der Waals surface area (Å²) < 4.78 is 0. The molecule has 1 unspecified atom stereocenters. The first kappa shape index (κ1) is 15.7. The maximum atomic E-state index is 12.6. The highest BCUT2D eigenvalue weighted by molar-refractivity contribution is 7.12. The van der Waals surface area contributed by atoms with Crippen LogP contribution in [0.2, 0.25) is 0 Å². The Hall–Kier alpha value is -1.65. The van der Waals surface area contributed by atoms with Gasteiger partial charge in [-0.2, -0.15) is 0 Å². The van der Waals surface area contributed by atoms with Crippen molar-refractivity contribution in [1.82, 2.24) is 5.32 Å². The van der Waals surface area contributed by atoms with Crippen molar-refractivity contribution < 1.29 is 9.90 Å². The lowest BCUT2D eigenvalue weighted by atomic mass is 9.94. The quantitative estimate of drug-likeness (QED) is 0.855. The first-order valence-electron chi connectivity index (χ1n) is 7.16. The smallest absolute Gasteiger partial charge is 0.262 e. The molecular formula is C17H21NO2S. The average molecular weight is 303 g/mol. The number of aliphatic hydroxyl groups is 1. The van der Waals surface area contributed by atoms with Crippen molar-refractivity contribution in [2.45, 2.75) is 32.2 Å². The first-order valence-corrected chi connectivity index (χ1v) is 8.04. The standard InChI is InChI=1S/C17H21NO2S/c1-3-17(2,10-11-19)18-16(20)15-14(9-12-21-15)13-7-5-4-6-8-13/h4-9,12,19H,3,10-11H2,1-2H3,(H,18,20). The molecule has 2 aromatic rings. The van der Waals surface area contributed by atoms with E-state index in [1.165, 1.54) is 11.3 Å². The Morgan fingerprint density at radius 1 is 1.29 bits per heavy atom. The van der Waals surface area contributed by atoms with Crippen LogP contribution in [-0.4, -0.2) is 23.2 Å². The Morgan fingerprint density at radius 2 is 2.00 bits per heavy atom. The number of carbonyl (C=O) groups excluding carboxylic acids is 1. The van der Waals surface area contributed by atoms with Crippen LogP contribution in [0.25, 0.3) is 11.1 Å². The summed E-state index contributed by atoms with van der Waals surface area (Å²) in [5.41, 5.74) is 1.63. The molecule has 0 fully saturated rings. The topological polar surface area (TPSA) is 49.3 Å². The zero-order chi connectivity index (χ0) is 15.3. The fraction of sp³-hybridized carbons (Fsp3) is 0.353. The van der Waals surface area contributed by atoms with Crippen LogP contribution < -0.4 is 5.32 Å². The summed E-state index contributed by atoms with van der Waals surface area (Å²) in [5, 5.41) is 14.2. The van der Waals surface area contributed by atoms with E-state index in [1.54, 1.807) is 0 Å². The average Bonchev–Trinajstić information content (AvgIpc) is 2.98. The molecule has 1 amide bonds. The molecule has 0 saturated heterocycles. The minimum Gasteiger partial charge on any atom is -0.396 e. The fourth-order valence-electron chi connectivity index (χ4n) is 2.24. The van der Waals surface area contributed by atoms with Crippen LogP contribution in [0.4, 0.5) is 0 Å². The highest BCUT2D eigenvalue weighted by atomic mass is 32.1. The Bertz CT molecular complexity index is 594. The molecule has 0 aliphatic heterocycles. The summed E-state index contributed by atoms with van der Waals surface area (Å²) in [5.74, 6) is -0.0679. The molecule has 112 valence electrons. The van der Waals surface area contributed by atoms with Crippen LogP contribution in [0.3, 0.4) is 0 Å². The molecule has 3 nitrogen and oxygen atoms in total. The largest absolute Gasteiger partial charge is 0.396 e. The highest BCUT2D eigenvalue weighted by Gasteiger charge is 2.26. The molecule has 1 aromatic heterocycles. The summed E-state index contributed by atoms with van der Waals surface area (Å²) in [6, 6.07) is 11.9. The second-order valence-electron chi connectivity index (χ2n) is 5.37.